The first kappa shape index (κ1) is 18.0. The summed E-state index contributed by atoms with van der Waals surface area (Å²) in [6, 6.07) is 4.09. The lowest BCUT2D eigenvalue weighted by Gasteiger charge is -2.14. The fraction of sp³-hybridized carbons (Fsp3) is 0.357. The fourth-order valence-corrected chi connectivity index (χ4v) is 2.15. The molecule has 22 heavy (non-hydrogen) atoms. The van der Waals surface area contributed by atoms with Crippen molar-refractivity contribution >= 4 is 16.1 Å². The van der Waals surface area contributed by atoms with E-state index in [2.05, 4.69) is 6.58 Å². The lowest BCUT2D eigenvalue weighted by Crippen LogP contribution is -2.13. The van der Waals surface area contributed by atoms with Gasteiger partial charge in [0, 0.05) is 5.57 Å². The van der Waals surface area contributed by atoms with Crippen molar-refractivity contribution in [3.8, 4) is 11.5 Å². The molecule has 0 radical (unpaired) electrons. The van der Waals surface area contributed by atoms with Gasteiger partial charge < -0.3 is 14.2 Å². The lowest BCUT2D eigenvalue weighted by atomic mass is 10.3. The molecule has 0 aliphatic heterocycles. The van der Waals surface area contributed by atoms with Crippen molar-refractivity contribution in [2.24, 2.45) is 0 Å². The van der Waals surface area contributed by atoms with Crippen LogP contribution in [0.3, 0.4) is 0 Å². The Morgan fingerprint density at radius 1 is 1.27 bits per heavy atom. The van der Waals surface area contributed by atoms with Crippen LogP contribution in [0.15, 0.2) is 35.2 Å². The summed E-state index contributed by atoms with van der Waals surface area (Å²) < 4.78 is 47.2. The number of carbonyl (C=O) groups excluding carboxylic acids is 1. The summed E-state index contributed by atoms with van der Waals surface area (Å²) in [5.74, 6) is -0.498. The minimum absolute atomic E-state index is 0.00593. The number of benzene rings is 1. The molecule has 0 saturated heterocycles. The highest BCUT2D eigenvalue weighted by Crippen LogP contribution is 2.34. The van der Waals surface area contributed by atoms with Gasteiger partial charge in [-0.2, -0.15) is 8.42 Å². The third-order valence-corrected chi connectivity index (χ3v) is 3.31. The minimum Gasteiger partial charge on any atom is -0.489 e. The highest BCUT2D eigenvalue weighted by molar-refractivity contribution is 7.86. The first-order valence-corrected chi connectivity index (χ1v) is 7.90. The number of carbonyl (C=O) groups is 1. The van der Waals surface area contributed by atoms with Crippen LogP contribution in [-0.4, -0.2) is 38.8 Å². The monoisotopic (exact) mass is 330 g/mol. The van der Waals surface area contributed by atoms with Crippen LogP contribution in [0.1, 0.15) is 13.8 Å². The molecule has 8 heteroatoms. The van der Waals surface area contributed by atoms with Gasteiger partial charge in [-0.05, 0) is 26.0 Å². The summed E-state index contributed by atoms with van der Waals surface area (Å²) in [6.07, 6.45) is 0. The molecule has 0 atom stereocenters. The lowest BCUT2D eigenvalue weighted by molar-refractivity contribution is -0.139. The van der Waals surface area contributed by atoms with Gasteiger partial charge in [-0.3, -0.25) is 4.55 Å². The molecule has 1 aromatic carbocycles. The van der Waals surface area contributed by atoms with Crippen molar-refractivity contribution in [3.63, 3.8) is 0 Å². The molecule has 0 saturated carbocycles. The molecule has 0 unspecified atom stereocenters. The average molecular weight is 330 g/mol. The van der Waals surface area contributed by atoms with Crippen LogP contribution in [0.25, 0.3) is 0 Å². The zero-order chi connectivity index (χ0) is 16.8. The van der Waals surface area contributed by atoms with Gasteiger partial charge in [0.15, 0.2) is 11.5 Å². The molecule has 0 aliphatic rings. The van der Waals surface area contributed by atoms with E-state index in [0.717, 1.165) is 0 Å². The Bertz CT molecular complexity index is 649. The predicted molar refractivity (Wildman–Crippen MR) is 78.7 cm³/mol. The molecular formula is C14H18O7S. The van der Waals surface area contributed by atoms with E-state index in [1.54, 1.807) is 6.92 Å². The summed E-state index contributed by atoms with van der Waals surface area (Å²) in [5.41, 5.74) is 0.267. The molecule has 122 valence electrons. The highest BCUT2D eigenvalue weighted by Gasteiger charge is 2.20. The number of hydrogen-bond acceptors (Lipinski definition) is 6. The molecule has 0 fully saturated rings. The van der Waals surface area contributed by atoms with Crippen molar-refractivity contribution < 1.29 is 32.0 Å². The maximum absolute atomic E-state index is 11.3. The highest BCUT2D eigenvalue weighted by atomic mass is 32.2. The zero-order valence-electron chi connectivity index (χ0n) is 12.4. The Morgan fingerprint density at radius 2 is 1.95 bits per heavy atom. The van der Waals surface area contributed by atoms with Crippen LogP contribution < -0.4 is 9.47 Å². The summed E-state index contributed by atoms with van der Waals surface area (Å²) >= 11 is 0. The summed E-state index contributed by atoms with van der Waals surface area (Å²) in [7, 11) is -4.44. The number of ether oxygens (including phenoxy) is 3. The molecule has 0 spiro atoms. The van der Waals surface area contributed by atoms with E-state index in [9.17, 15) is 17.8 Å². The third kappa shape index (κ3) is 5.05. The third-order valence-electron chi connectivity index (χ3n) is 2.43. The Labute approximate surface area is 129 Å². The van der Waals surface area contributed by atoms with Gasteiger partial charge in [0.1, 0.15) is 18.1 Å². The molecule has 1 N–H and O–H groups in total. The van der Waals surface area contributed by atoms with Crippen molar-refractivity contribution in [2.45, 2.75) is 18.7 Å². The maximum Gasteiger partial charge on any atom is 0.333 e. The molecule has 0 aliphatic carbocycles. The quantitative estimate of drug-likeness (QED) is 0.336. The molecular weight excluding hydrogens is 312 g/mol. The SMILES string of the molecule is C=C(C)C(=O)OCCOc1cccc(S(=O)(=O)O)c1OCC. The van der Waals surface area contributed by atoms with Gasteiger partial charge >= 0.3 is 5.97 Å². The minimum atomic E-state index is -4.44. The van der Waals surface area contributed by atoms with Crippen molar-refractivity contribution in [2.75, 3.05) is 19.8 Å². The smallest absolute Gasteiger partial charge is 0.333 e. The van der Waals surface area contributed by atoms with Crippen LogP contribution >= 0.6 is 0 Å². The van der Waals surface area contributed by atoms with Crippen LogP contribution in [-0.2, 0) is 19.6 Å². The second-order valence-corrected chi connectivity index (χ2v) is 5.65. The van der Waals surface area contributed by atoms with Gasteiger partial charge in [0.25, 0.3) is 10.1 Å². The maximum atomic E-state index is 11.3. The van der Waals surface area contributed by atoms with Gasteiger partial charge in [0.05, 0.1) is 6.61 Å². The second kappa shape index (κ2) is 7.81. The first-order valence-electron chi connectivity index (χ1n) is 6.46. The summed E-state index contributed by atoms with van der Waals surface area (Å²) in [4.78, 5) is 10.8. The summed E-state index contributed by atoms with van der Waals surface area (Å²) in [6.45, 7) is 6.77. The van der Waals surface area contributed by atoms with Crippen LogP contribution in [0.4, 0.5) is 0 Å². The van der Waals surface area contributed by atoms with E-state index < -0.39 is 16.1 Å². The van der Waals surface area contributed by atoms with E-state index in [1.807, 2.05) is 0 Å². The molecule has 0 aromatic heterocycles. The molecule has 1 aromatic rings. The van der Waals surface area contributed by atoms with E-state index in [-0.39, 0.29) is 41.8 Å². The van der Waals surface area contributed by atoms with E-state index >= 15 is 0 Å². The average Bonchev–Trinajstić information content (AvgIpc) is 2.43. The van der Waals surface area contributed by atoms with Gasteiger partial charge in [-0.15, -0.1) is 0 Å². The van der Waals surface area contributed by atoms with Crippen molar-refractivity contribution in [3.05, 3.63) is 30.4 Å². The topological polar surface area (TPSA) is 99.1 Å². The summed E-state index contributed by atoms with van der Waals surface area (Å²) in [5, 5.41) is 0. The first-order chi connectivity index (χ1) is 10.3. The molecule has 7 nitrogen and oxygen atoms in total. The van der Waals surface area contributed by atoms with Gasteiger partial charge in [0.2, 0.25) is 0 Å². The van der Waals surface area contributed by atoms with Crippen molar-refractivity contribution in [1.82, 2.24) is 0 Å². The van der Waals surface area contributed by atoms with Crippen molar-refractivity contribution in [1.29, 1.82) is 0 Å². The molecule has 1 rings (SSSR count). The number of rotatable bonds is 8. The van der Waals surface area contributed by atoms with E-state index in [4.69, 9.17) is 14.2 Å². The Balaban J connectivity index is 2.82. The number of para-hydroxylation sites is 1. The zero-order valence-corrected chi connectivity index (χ0v) is 13.2. The van der Waals surface area contributed by atoms with Crippen LogP contribution in [0, 0.1) is 0 Å². The number of hydrogen-bond donors (Lipinski definition) is 1. The van der Waals surface area contributed by atoms with E-state index in [1.165, 1.54) is 25.1 Å². The normalized spacial score (nSPS) is 10.9. The largest absolute Gasteiger partial charge is 0.489 e. The predicted octanol–water partition coefficient (Wildman–Crippen LogP) is 1.83. The fourth-order valence-electron chi connectivity index (χ4n) is 1.51. The standard InChI is InChI=1S/C14H18O7S/c1-4-19-13-11(6-5-7-12(13)22(16,17)18)20-8-9-21-14(15)10(2)3/h5-7H,2,4,8-9H2,1,3H3,(H,16,17,18). The molecule has 0 bridgehead atoms. The van der Waals surface area contributed by atoms with E-state index in [0.29, 0.717) is 0 Å². The number of esters is 1. The Hall–Kier alpha value is -2.06. The van der Waals surface area contributed by atoms with Crippen LogP contribution in [0.5, 0.6) is 11.5 Å². The van der Waals surface area contributed by atoms with Crippen LogP contribution in [0.2, 0.25) is 0 Å². The van der Waals surface area contributed by atoms with Gasteiger partial charge in [-0.25, -0.2) is 4.79 Å². The molecule has 0 heterocycles. The Kier molecular flexibility index (Phi) is 6.39. The Morgan fingerprint density at radius 3 is 2.50 bits per heavy atom. The second-order valence-electron chi connectivity index (χ2n) is 4.26. The molecule has 0 amide bonds. The van der Waals surface area contributed by atoms with Gasteiger partial charge in [-0.1, -0.05) is 12.6 Å².